The van der Waals surface area contributed by atoms with Crippen LogP contribution < -0.4 is 0 Å². The molecule has 3 aromatic rings. The largest absolute Gasteiger partial charge is 0.462 e. The molecular formula is C18H15Br4O2PS. The second kappa shape index (κ2) is 11.3. The minimum atomic E-state index is -0.274. The van der Waals surface area contributed by atoms with E-state index >= 15 is 0 Å². The highest BCUT2D eigenvalue weighted by molar-refractivity contribution is 9.93. The Morgan fingerprint density at radius 3 is 2.46 bits per heavy atom. The third-order valence-electron chi connectivity index (χ3n) is 3.41. The number of carbonyl (C=O) groups excluding carboxylic acids is 1. The molecule has 1 heterocycles. The second-order valence-electron chi connectivity index (χ2n) is 5.06. The van der Waals surface area contributed by atoms with Gasteiger partial charge in [0.05, 0.1) is 12.2 Å². The fourth-order valence-corrected chi connectivity index (χ4v) is 3.99. The summed E-state index contributed by atoms with van der Waals surface area (Å²) in [4.78, 5) is 13.2. The first kappa shape index (κ1) is 22.5. The molecule has 0 aliphatic carbocycles. The highest BCUT2D eigenvalue weighted by atomic mass is 80.0. The summed E-state index contributed by atoms with van der Waals surface area (Å²) in [6.07, 6.45) is 0. The lowest BCUT2D eigenvalue weighted by atomic mass is 10.0. The summed E-state index contributed by atoms with van der Waals surface area (Å²) in [5.41, 5.74) is 2.79. The van der Waals surface area contributed by atoms with E-state index < -0.39 is 0 Å². The van der Waals surface area contributed by atoms with Crippen molar-refractivity contribution in [2.24, 2.45) is 0 Å². The van der Waals surface area contributed by atoms with E-state index in [4.69, 9.17) is 4.74 Å². The molecule has 0 saturated carbocycles. The van der Waals surface area contributed by atoms with Crippen molar-refractivity contribution in [2.45, 2.75) is 12.3 Å². The first-order chi connectivity index (χ1) is 12.5. The van der Waals surface area contributed by atoms with Crippen LogP contribution >= 0.6 is 77.8 Å². The van der Waals surface area contributed by atoms with Crippen LogP contribution in [-0.2, 0) is 10.1 Å². The summed E-state index contributed by atoms with van der Waals surface area (Å²) in [6, 6.07) is 16.1. The number of fused-ring (bicyclic) bond motifs is 1. The lowest BCUT2D eigenvalue weighted by Gasteiger charge is -2.06. The minimum absolute atomic E-state index is 0.183. The molecule has 0 unspecified atom stereocenters. The van der Waals surface area contributed by atoms with Gasteiger partial charge in [-0.25, -0.2) is 4.79 Å². The van der Waals surface area contributed by atoms with Gasteiger partial charge in [-0.3, -0.25) is 0 Å². The van der Waals surface area contributed by atoms with E-state index in [1.54, 1.807) is 17.4 Å². The fourth-order valence-electron chi connectivity index (χ4n) is 2.44. The zero-order valence-electron chi connectivity index (χ0n) is 13.7. The summed E-state index contributed by atoms with van der Waals surface area (Å²) in [5, 5.41) is 2.09. The lowest BCUT2D eigenvalue weighted by molar-refractivity contribution is 0.0526. The number of halogens is 4. The SMILES string of the molecule is BrP(Br)Br.CCOC(=O)c1cccc(-c2cccc3cc(CBr)sc23)c1. The van der Waals surface area contributed by atoms with Crippen molar-refractivity contribution in [3.8, 4) is 11.1 Å². The third kappa shape index (κ3) is 6.39. The molecule has 0 aliphatic rings. The number of benzene rings is 2. The van der Waals surface area contributed by atoms with Crippen LogP contribution in [-0.4, -0.2) is 12.6 Å². The van der Waals surface area contributed by atoms with Crippen LogP contribution in [0.15, 0.2) is 48.5 Å². The maximum atomic E-state index is 11.9. The normalized spacial score (nSPS) is 10.5. The van der Waals surface area contributed by atoms with Gasteiger partial charge in [0, 0.05) is 14.9 Å². The van der Waals surface area contributed by atoms with Crippen molar-refractivity contribution in [3.63, 3.8) is 0 Å². The molecule has 2 aromatic carbocycles. The van der Waals surface area contributed by atoms with E-state index in [0.717, 1.165) is 16.5 Å². The molecule has 26 heavy (non-hydrogen) atoms. The highest BCUT2D eigenvalue weighted by Gasteiger charge is 2.11. The smallest absolute Gasteiger partial charge is 0.338 e. The van der Waals surface area contributed by atoms with Gasteiger partial charge in [-0.2, -0.15) is 0 Å². The van der Waals surface area contributed by atoms with Crippen LogP contribution in [0.4, 0.5) is 0 Å². The third-order valence-corrected chi connectivity index (χ3v) is 5.57. The van der Waals surface area contributed by atoms with E-state index in [9.17, 15) is 4.79 Å². The summed E-state index contributed by atoms with van der Waals surface area (Å²) in [6.45, 7) is 2.20. The number of hydrogen-bond acceptors (Lipinski definition) is 3. The molecule has 0 aliphatic heterocycles. The number of hydrogen-bond donors (Lipinski definition) is 0. The zero-order chi connectivity index (χ0) is 19.1. The topological polar surface area (TPSA) is 26.3 Å². The highest BCUT2D eigenvalue weighted by Crippen LogP contribution is 2.59. The van der Waals surface area contributed by atoms with Crippen LogP contribution in [0.5, 0.6) is 0 Å². The van der Waals surface area contributed by atoms with Crippen molar-refractivity contribution in [3.05, 3.63) is 59.0 Å². The number of thiophene rings is 1. The molecular weight excluding hydrogens is 631 g/mol. The van der Waals surface area contributed by atoms with Crippen molar-refractivity contribution < 1.29 is 9.53 Å². The average Bonchev–Trinajstić information content (AvgIpc) is 3.05. The minimum Gasteiger partial charge on any atom is -0.462 e. The molecule has 1 aromatic heterocycles. The molecule has 0 fully saturated rings. The summed E-state index contributed by atoms with van der Waals surface area (Å²) < 4.78 is 6.15. The van der Waals surface area contributed by atoms with E-state index in [2.05, 4.69) is 86.7 Å². The first-order valence-corrected chi connectivity index (χ1v) is 16.9. The predicted molar refractivity (Wildman–Crippen MR) is 130 cm³/mol. The standard InChI is InChI=1S/C18H15BrO2S.Br3P/c1-2-21-18(20)14-7-3-5-12(9-14)16-8-4-6-13-10-15(11-19)22-17(13)16;1-4(2)3/h3-10H,2,11H2,1H3;. The van der Waals surface area contributed by atoms with Crippen LogP contribution in [0.1, 0.15) is 22.2 Å². The Morgan fingerprint density at radius 2 is 1.81 bits per heavy atom. The summed E-state index contributed by atoms with van der Waals surface area (Å²) >= 11 is 14.8. The maximum Gasteiger partial charge on any atom is 0.338 e. The van der Waals surface area contributed by atoms with Crippen molar-refractivity contribution in [1.29, 1.82) is 0 Å². The number of carbonyl (C=O) groups is 1. The molecule has 8 heteroatoms. The zero-order valence-corrected chi connectivity index (χ0v) is 21.8. The van der Waals surface area contributed by atoms with Crippen molar-refractivity contribution >= 4 is 93.8 Å². The van der Waals surface area contributed by atoms with Crippen molar-refractivity contribution in [2.75, 3.05) is 6.61 Å². The molecule has 0 saturated heterocycles. The Morgan fingerprint density at radius 1 is 1.12 bits per heavy atom. The van der Waals surface area contributed by atoms with Gasteiger partial charge >= 0.3 is 5.97 Å². The quantitative estimate of drug-likeness (QED) is 0.161. The van der Waals surface area contributed by atoms with Gasteiger partial charge in [0.25, 0.3) is 0 Å². The van der Waals surface area contributed by atoms with Crippen LogP contribution in [0, 0.1) is 0 Å². The molecule has 0 radical (unpaired) electrons. The van der Waals surface area contributed by atoms with Crippen LogP contribution in [0.3, 0.4) is 0 Å². The molecule has 138 valence electrons. The van der Waals surface area contributed by atoms with Gasteiger partial charge in [0.2, 0.25) is 0 Å². The summed E-state index contributed by atoms with van der Waals surface area (Å²) in [5.74, 6) is -0.274. The molecule has 0 bridgehead atoms. The van der Waals surface area contributed by atoms with Gasteiger partial charge in [0.1, 0.15) is 4.03 Å². The number of rotatable bonds is 4. The second-order valence-corrected chi connectivity index (χ2v) is 22.1. The Balaban J connectivity index is 0.000000552. The lowest BCUT2D eigenvalue weighted by Crippen LogP contribution is -2.04. The van der Waals surface area contributed by atoms with Crippen molar-refractivity contribution in [1.82, 2.24) is 0 Å². The molecule has 0 atom stereocenters. The molecule has 0 spiro atoms. The van der Waals surface area contributed by atoms with E-state index in [1.807, 2.05) is 25.1 Å². The molecule has 0 amide bonds. The van der Waals surface area contributed by atoms with Gasteiger partial charge in [-0.05, 0) is 88.1 Å². The van der Waals surface area contributed by atoms with Gasteiger partial charge < -0.3 is 4.74 Å². The summed E-state index contributed by atoms with van der Waals surface area (Å²) in [7, 11) is 0. The van der Waals surface area contributed by atoms with E-state index in [-0.39, 0.29) is 10.00 Å². The molecule has 2 nitrogen and oxygen atoms in total. The average molecular weight is 646 g/mol. The number of ether oxygens (including phenoxy) is 1. The van der Waals surface area contributed by atoms with Crippen LogP contribution in [0.2, 0.25) is 0 Å². The van der Waals surface area contributed by atoms with E-state index in [1.165, 1.54) is 15.0 Å². The number of esters is 1. The van der Waals surface area contributed by atoms with Gasteiger partial charge in [-0.15, -0.1) is 11.3 Å². The van der Waals surface area contributed by atoms with Crippen LogP contribution in [0.25, 0.3) is 21.2 Å². The Kier molecular flexibility index (Phi) is 9.76. The number of alkyl halides is 1. The Hall–Kier alpha value is 0.220. The predicted octanol–water partition coefficient (Wildman–Crippen LogP) is 9.04. The van der Waals surface area contributed by atoms with E-state index in [0.29, 0.717) is 12.2 Å². The molecule has 3 rings (SSSR count). The Labute approximate surface area is 190 Å². The monoisotopic (exact) mass is 642 g/mol. The van der Waals surface area contributed by atoms with Gasteiger partial charge in [0.15, 0.2) is 0 Å². The fraction of sp³-hybridized carbons (Fsp3) is 0.167. The Bertz CT molecular complexity index is 880. The maximum absolute atomic E-state index is 11.9. The van der Waals surface area contributed by atoms with Gasteiger partial charge in [-0.1, -0.05) is 46.3 Å². The molecule has 0 N–H and O–H groups in total. The first-order valence-electron chi connectivity index (χ1n) is 7.58.